The van der Waals surface area contributed by atoms with E-state index in [2.05, 4.69) is 10.1 Å². The molecule has 0 bridgehead atoms. The summed E-state index contributed by atoms with van der Waals surface area (Å²) in [6.07, 6.45) is 4.11. The van der Waals surface area contributed by atoms with Gasteiger partial charge in [0.15, 0.2) is 0 Å². The maximum atomic E-state index is 11.2. The number of halogens is 1. The molecular formula is C8H8ClN5O4S. The highest BCUT2D eigenvalue weighted by molar-refractivity contribution is 8.13. The van der Waals surface area contributed by atoms with Crippen LogP contribution in [0, 0.1) is 10.1 Å². The second-order valence-corrected chi connectivity index (χ2v) is 6.24. The van der Waals surface area contributed by atoms with Gasteiger partial charge in [-0.05, 0) is 4.92 Å². The molecule has 11 heteroatoms. The first-order chi connectivity index (χ1) is 8.79. The van der Waals surface area contributed by atoms with Crippen LogP contribution in [0.15, 0.2) is 23.6 Å². The molecule has 0 aliphatic rings. The molecule has 0 atom stereocenters. The highest BCUT2D eigenvalue weighted by atomic mass is 35.7. The summed E-state index contributed by atoms with van der Waals surface area (Å²) < 4.78 is 25.3. The summed E-state index contributed by atoms with van der Waals surface area (Å²) in [6.45, 7) is 0.143. The molecule has 0 N–H and O–H groups in total. The van der Waals surface area contributed by atoms with Crippen molar-refractivity contribution in [1.29, 1.82) is 0 Å². The third-order valence-electron chi connectivity index (χ3n) is 2.39. The summed E-state index contributed by atoms with van der Waals surface area (Å²) in [5.41, 5.74) is 0.705. The van der Waals surface area contributed by atoms with E-state index < -0.39 is 24.7 Å². The molecule has 0 spiro atoms. The Balaban J connectivity index is 2.44. The second kappa shape index (κ2) is 4.63. The SMILES string of the molecule is Cn1cncc1Cn1cc(S(=O)(=O)Cl)c([N+](=O)[O-])n1. The van der Waals surface area contributed by atoms with Crippen molar-refractivity contribution < 1.29 is 13.3 Å². The van der Waals surface area contributed by atoms with E-state index in [0.29, 0.717) is 5.69 Å². The Kier molecular flexibility index (Phi) is 3.28. The summed E-state index contributed by atoms with van der Waals surface area (Å²) in [5.74, 6) is -0.794. The van der Waals surface area contributed by atoms with Crippen molar-refractivity contribution in [2.45, 2.75) is 11.4 Å². The van der Waals surface area contributed by atoms with Crippen LogP contribution in [0.25, 0.3) is 0 Å². The largest absolute Gasteiger partial charge is 0.410 e. The van der Waals surface area contributed by atoms with Gasteiger partial charge in [0.2, 0.25) is 4.90 Å². The smallest absolute Gasteiger partial charge is 0.358 e. The van der Waals surface area contributed by atoms with Crippen molar-refractivity contribution in [3.05, 3.63) is 34.5 Å². The average Bonchev–Trinajstić information content (AvgIpc) is 2.86. The molecule has 0 amide bonds. The summed E-state index contributed by atoms with van der Waals surface area (Å²) in [7, 11) is 2.64. The predicted octanol–water partition coefficient (Wildman–Crippen LogP) is 0.501. The normalized spacial score (nSPS) is 11.7. The maximum Gasteiger partial charge on any atom is 0.410 e. The summed E-state index contributed by atoms with van der Waals surface area (Å²) in [5, 5.41) is 14.3. The first-order valence-corrected chi connectivity index (χ1v) is 7.21. The van der Waals surface area contributed by atoms with Gasteiger partial charge < -0.3 is 14.7 Å². The summed E-state index contributed by atoms with van der Waals surface area (Å²) in [6, 6.07) is 0. The highest BCUT2D eigenvalue weighted by Crippen LogP contribution is 2.25. The summed E-state index contributed by atoms with van der Waals surface area (Å²) >= 11 is 0. The van der Waals surface area contributed by atoms with Crippen molar-refractivity contribution in [1.82, 2.24) is 19.3 Å². The number of rotatable bonds is 4. The fourth-order valence-electron chi connectivity index (χ4n) is 1.48. The van der Waals surface area contributed by atoms with Gasteiger partial charge in [0.05, 0.1) is 29.5 Å². The van der Waals surface area contributed by atoms with Crippen LogP contribution in [-0.4, -0.2) is 32.7 Å². The Morgan fingerprint density at radius 1 is 1.53 bits per heavy atom. The topological polar surface area (TPSA) is 113 Å². The molecular weight excluding hydrogens is 298 g/mol. The molecule has 0 aliphatic carbocycles. The lowest BCUT2D eigenvalue weighted by molar-refractivity contribution is -0.392. The van der Waals surface area contributed by atoms with Crippen LogP contribution in [-0.2, 0) is 22.6 Å². The Hall–Kier alpha value is -1.94. The fraction of sp³-hybridized carbons (Fsp3) is 0.250. The van der Waals surface area contributed by atoms with Crippen molar-refractivity contribution in [3.8, 4) is 0 Å². The van der Waals surface area contributed by atoms with Crippen LogP contribution in [0.3, 0.4) is 0 Å². The Morgan fingerprint density at radius 2 is 2.21 bits per heavy atom. The zero-order valence-electron chi connectivity index (χ0n) is 9.59. The van der Waals surface area contributed by atoms with Crippen LogP contribution in [0.4, 0.5) is 5.82 Å². The van der Waals surface area contributed by atoms with Gasteiger partial charge in [0.1, 0.15) is 6.54 Å². The van der Waals surface area contributed by atoms with E-state index in [0.717, 1.165) is 10.9 Å². The van der Waals surface area contributed by atoms with E-state index in [9.17, 15) is 18.5 Å². The Bertz CT molecular complexity index is 734. The van der Waals surface area contributed by atoms with Gasteiger partial charge in [-0.2, -0.15) is 4.68 Å². The number of nitrogens with zero attached hydrogens (tertiary/aromatic N) is 5. The number of hydrogen-bond acceptors (Lipinski definition) is 6. The van der Waals surface area contributed by atoms with Gasteiger partial charge >= 0.3 is 5.82 Å². The molecule has 19 heavy (non-hydrogen) atoms. The third kappa shape index (κ3) is 2.74. The molecule has 2 aromatic rings. The zero-order chi connectivity index (χ0) is 14.2. The minimum atomic E-state index is -4.22. The molecule has 102 valence electrons. The summed E-state index contributed by atoms with van der Waals surface area (Å²) in [4.78, 5) is 13.1. The first kappa shape index (κ1) is 13.5. The average molecular weight is 306 g/mol. The van der Waals surface area contributed by atoms with Crippen LogP contribution in [0.1, 0.15) is 5.69 Å². The highest BCUT2D eigenvalue weighted by Gasteiger charge is 2.30. The van der Waals surface area contributed by atoms with E-state index in [1.165, 1.54) is 0 Å². The minimum absolute atomic E-state index is 0.143. The van der Waals surface area contributed by atoms with Gasteiger partial charge in [-0.25, -0.2) is 13.4 Å². The van der Waals surface area contributed by atoms with Crippen LogP contribution in [0.2, 0.25) is 0 Å². The molecule has 2 rings (SSSR count). The van der Waals surface area contributed by atoms with Gasteiger partial charge in [0, 0.05) is 17.7 Å². The van der Waals surface area contributed by atoms with Crippen molar-refractivity contribution in [3.63, 3.8) is 0 Å². The lowest BCUT2D eigenvalue weighted by Crippen LogP contribution is -2.05. The number of imidazole rings is 1. The first-order valence-electron chi connectivity index (χ1n) is 4.90. The number of aryl methyl sites for hydroxylation is 1. The number of hydrogen-bond donors (Lipinski definition) is 0. The van der Waals surface area contributed by atoms with Crippen molar-refractivity contribution >= 4 is 25.6 Å². The molecule has 0 fully saturated rings. The van der Waals surface area contributed by atoms with Crippen LogP contribution >= 0.6 is 10.7 Å². The zero-order valence-corrected chi connectivity index (χ0v) is 11.2. The van der Waals surface area contributed by atoms with E-state index in [4.69, 9.17) is 10.7 Å². The quantitative estimate of drug-likeness (QED) is 0.462. The van der Waals surface area contributed by atoms with E-state index >= 15 is 0 Å². The third-order valence-corrected chi connectivity index (χ3v) is 3.70. The Labute approximate surface area is 112 Å². The molecule has 2 aromatic heterocycles. The molecule has 0 radical (unpaired) electrons. The number of aromatic nitrogens is 4. The van der Waals surface area contributed by atoms with Crippen molar-refractivity contribution in [2.24, 2.45) is 7.05 Å². The van der Waals surface area contributed by atoms with Gasteiger partial charge in [-0.1, -0.05) is 0 Å². The van der Waals surface area contributed by atoms with Crippen molar-refractivity contribution in [2.75, 3.05) is 0 Å². The van der Waals surface area contributed by atoms with Gasteiger partial charge in [0.25, 0.3) is 9.05 Å². The predicted molar refractivity (Wildman–Crippen MR) is 64.2 cm³/mol. The van der Waals surface area contributed by atoms with E-state index in [1.807, 2.05) is 0 Å². The molecule has 0 aliphatic heterocycles. The van der Waals surface area contributed by atoms with Crippen LogP contribution in [0.5, 0.6) is 0 Å². The maximum absolute atomic E-state index is 11.2. The molecule has 2 heterocycles. The number of nitro groups is 1. The van der Waals surface area contributed by atoms with E-state index in [1.54, 1.807) is 24.1 Å². The van der Waals surface area contributed by atoms with Gasteiger partial charge in [-0.15, -0.1) is 0 Å². The lowest BCUT2D eigenvalue weighted by Gasteiger charge is -1.98. The fourth-order valence-corrected chi connectivity index (χ4v) is 2.38. The van der Waals surface area contributed by atoms with Crippen LogP contribution < -0.4 is 0 Å². The molecule has 0 saturated carbocycles. The second-order valence-electron chi connectivity index (χ2n) is 3.71. The Morgan fingerprint density at radius 3 is 2.63 bits per heavy atom. The standard InChI is InChI=1S/C8H8ClN5O4S/c1-12-5-10-2-6(12)3-13-4-7(19(9,17)18)8(11-13)14(15)16/h2,4-5H,3H2,1H3. The molecule has 0 saturated heterocycles. The van der Waals surface area contributed by atoms with Gasteiger partial charge in [-0.3, -0.25) is 0 Å². The monoisotopic (exact) mass is 305 g/mol. The molecule has 9 nitrogen and oxygen atoms in total. The van der Waals surface area contributed by atoms with E-state index in [-0.39, 0.29) is 6.54 Å². The molecule has 0 unspecified atom stereocenters. The molecule has 0 aromatic carbocycles. The lowest BCUT2D eigenvalue weighted by atomic mass is 10.5. The minimum Gasteiger partial charge on any atom is -0.358 e.